The number of aryl methyl sites for hydroxylation is 3. The summed E-state index contributed by atoms with van der Waals surface area (Å²) in [5.41, 5.74) is 4.50. The molecule has 2 aromatic rings. The monoisotopic (exact) mass is 486 g/mol. The van der Waals surface area contributed by atoms with Crippen molar-refractivity contribution in [1.29, 1.82) is 0 Å². The van der Waals surface area contributed by atoms with Crippen LogP contribution in [0.5, 0.6) is 0 Å². The molecule has 190 valence electrons. The third-order valence-electron chi connectivity index (χ3n) is 5.42. The number of benzene rings is 2. The van der Waals surface area contributed by atoms with E-state index in [2.05, 4.69) is 0 Å². The molecule has 0 aliphatic heterocycles. The van der Waals surface area contributed by atoms with E-state index in [9.17, 15) is 24.2 Å². The number of aliphatic hydroxyl groups excluding tert-OH is 2. The molecule has 0 radical (unpaired) electrons. The van der Waals surface area contributed by atoms with E-state index in [0.717, 1.165) is 27.8 Å². The molecule has 0 heterocycles. The lowest BCUT2D eigenvalue weighted by Crippen LogP contribution is -2.26. The van der Waals surface area contributed by atoms with E-state index in [0.29, 0.717) is 5.56 Å². The van der Waals surface area contributed by atoms with Crippen LogP contribution in [0.25, 0.3) is 17.2 Å². The number of halogens is 1. The molecule has 0 aliphatic rings. The zero-order valence-corrected chi connectivity index (χ0v) is 21.2. The maximum Gasteiger partial charge on any atom is 0.314 e. The van der Waals surface area contributed by atoms with Gasteiger partial charge in [0.05, 0.1) is 24.0 Å². The van der Waals surface area contributed by atoms with Gasteiger partial charge in [-0.3, -0.25) is 9.59 Å². The van der Waals surface area contributed by atoms with Crippen molar-refractivity contribution in [3.63, 3.8) is 0 Å². The minimum atomic E-state index is -1.14. The summed E-state index contributed by atoms with van der Waals surface area (Å²) < 4.78 is 23.5. The highest BCUT2D eigenvalue weighted by Crippen LogP contribution is 2.30. The number of hydrogen-bond donors (Lipinski definition) is 2. The molecule has 2 aromatic carbocycles. The van der Waals surface area contributed by atoms with Gasteiger partial charge in [0.25, 0.3) is 0 Å². The minimum absolute atomic E-state index is 0.0801. The number of esters is 2. The molecular formula is C28H35FO6. The van der Waals surface area contributed by atoms with Crippen molar-refractivity contribution in [2.45, 2.75) is 66.6 Å². The lowest BCUT2D eigenvalue weighted by molar-refractivity contribution is -0.174. The minimum Gasteiger partial charge on any atom is -0.428 e. The molecule has 2 rings (SSSR count). The Hall–Kier alpha value is -3.03. The van der Waals surface area contributed by atoms with Gasteiger partial charge in [-0.05, 0) is 81.5 Å². The van der Waals surface area contributed by atoms with Crippen LogP contribution in [0.2, 0.25) is 0 Å². The number of carbonyl (C=O) groups is 2. The highest BCUT2D eigenvalue weighted by molar-refractivity contribution is 5.78. The fourth-order valence-electron chi connectivity index (χ4n) is 3.52. The number of aliphatic hydroxyl groups is 2. The molecule has 0 unspecified atom stereocenters. The van der Waals surface area contributed by atoms with Crippen LogP contribution in [0.1, 0.15) is 55.9 Å². The van der Waals surface area contributed by atoms with E-state index in [1.807, 2.05) is 26.0 Å². The first-order chi connectivity index (χ1) is 16.3. The Kier molecular flexibility index (Phi) is 9.74. The van der Waals surface area contributed by atoms with Crippen LogP contribution in [0, 0.1) is 32.0 Å². The summed E-state index contributed by atoms with van der Waals surface area (Å²) in [5.74, 6) is -1.52. The first-order valence-corrected chi connectivity index (χ1v) is 11.5. The molecule has 35 heavy (non-hydrogen) atoms. The first-order valence-electron chi connectivity index (χ1n) is 11.5. The zero-order chi connectivity index (χ0) is 26.3. The van der Waals surface area contributed by atoms with Crippen molar-refractivity contribution in [2.75, 3.05) is 6.79 Å². The third kappa shape index (κ3) is 8.60. The average Bonchev–Trinajstić information content (AvgIpc) is 2.73. The topological polar surface area (TPSA) is 93.1 Å². The van der Waals surface area contributed by atoms with Crippen LogP contribution in [0.4, 0.5) is 4.39 Å². The molecule has 7 heteroatoms. The van der Waals surface area contributed by atoms with Gasteiger partial charge in [0.1, 0.15) is 5.82 Å². The second kappa shape index (κ2) is 12.1. The van der Waals surface area contributed by atoms with Crippen molar-refractivity contribution < 1.29 is 33.7 Å². The van der Waals surface area contributed by atoms with Crippen LogP contribution < -0.4 is 0 Å². The molecule has 6 nitrogen and oxygen atoms in total. The maximum atomic E-state index is 13.8. The number of hydrogen-bond acceptors (Lipinski definition) is 6. The maximum absolute atomic E-state index is 13.8. The molecule has 2 N–H and O–H groups in total. The Bertz CT molecular complexity index is 1080. The SMILES string of the molecule is Cc1cc(C)c(C=C[C@@H](O)C[C@@H](O)CC(=O)OCOC(=O)C(C)(C)C)c(-c2ccc(F)c(C)c2)c1. The van der Waals surface area contributed by atoms with Gasteiger partial charge in [-0.2, -0.15) is 0 Å². The fourth-order valence-corrected chi connectivity index (χ4v) is 3.52. The van der Waals surface area contributed by atoms with Gasteiger partial charge in [0, 0.05) is 6.42 Å². The summed E-state index contributed by atoms with van der Waals surface area (Å²) in [6, 6.07) is 8.96. The van der Waals surface area contributed by atoms with Gasteiger partial charge < -0.3 is 19.7 Å². The van der Waals surface area contributed by atoms with Gasteiger partial charge in [0.2, 0.25) is 6.79 Å². The van der Waals surface area contributed by atoms with Gasteiger partial charge in [-0.1, -0.05) is 35.9 Å². The van der Waals surface area contributed by atoms with E-state index < -0.39 is 36.4 Å². The van der Waals surface area contributed by atoms with E-state index in [1.54, 1.807) is 52.0 Å². The van der Waals surface area contributed by atoms with E-state index in [1.165, 1.54) is 6.07 Å². The summed E-state index contributed by atoms with van der Waals surface area (Å²) in [4.78, 5) is 23.5. The Morgan fingerprint density at radius 2 is 1.71 bits per heavy atom. The summed E-state index contributed by atoms with van der Waals surface area (Å²) in [5, 5.41) is 20.6. The average molecular weight is 487 g/mol. The van der Waals surface area contributed by atoms with Crippen LogP contribution in [-0.4, -0.2) is 41.2 Å². The Morgan fingerprint density at radius 3 is 2.34 bits per heavy atom. The Morgan fingerprint density at radius 1 is 1.03 bits per heavy atom. The number of ether oxygens (including phenoxy) is 2. The van der Waals surface area contributed by atoms with Crippen LogP contribution >= 0.6 is 0 Å². The van der Waals surface area contributed by atoms with Crippen LogP contribution in [0.15, 0.2) is 36.4 Å². The Balaban J connectivity index is 2.01. The van der Waals surface area contributed by atoms with Crippen molar-refractivity contribution in [3.05, 3.63) is 64.5 Å². The lowest BCUT2D eigenvalue weighted by atomic mass is 9.92. The molecular weight excluding hydrogens is 451 g/mol. The van der Waals surface area contributed by atoms with Gasteiger partial charge in [0.15, 0.2) is 0 Å². The zero-order valence-electron chi connectivity index (χ0n) is 21.2. The molecule has 0 aliphatic carbocycles. The molecule has 0 fully saturated rings. The van der Waals surface area contributed by atoms with Crippen LogP contribution in [0.3, 0.4) is 0 Å². The predicted octanol–water partition coefficient (Wildman–Crippen LogP) is 5.02. The lowest BCUT2D eigenvalue weighted by Gasteiger charge is -2.17. The third-order valence-corrected chi connectivity index (χ3v) is 5.42. The van der Waals surface area contributed by atoms with Gasteiger partial charge in [-0.25, -0.2) is 4.39 Å². The summed E-state index contributed by atoms with van der Waals surface area (Å²) in [6.45, 7) is 10.2. The van der Waals surface area contributed by atoms with Crippen molar-refractivity contribution in [1.82, 2.24) is 0 Å². The standard InChI is InChI=1S/C28H35FO6/c1-17-11-18(2)23(24(12-17)20-7-10-25(29)19(3)13-20)9-8-21(30)14-22(31)15-26(32)34-16-35-27(33)28(4,5)6/h7-13,21-22,30-31H,14-16H2,1-6H3/t21-,22-/m1/s1. The molecule has 0 saturated carbocycles. The second-order valence-electron chi connectivity index (χ2n) is 9.84. The molecule has 2 atom stereocenters. The van der Waals surface area contributed by atoms with Crippen LogP contribution in [-0.2, 0) is 19.1 Å². The van der Waals surface area contributed by atoms with Gasteiger partial charge in [-0.15, -0.1) is 0 Å². The quantitative estimate of drug-likeness (QED) is 0.382. The molecule has 0 amide bonds. The first kappa shape index (κ1) is 28.2. The molecule has 0 aromatic heterocycles. The summed E-state index contributed by atoms with van der Waals surface area (Å²) in [6.07, 6.45) is 0.742. The smallest absolute Gasteiger partial charge is 0.314 e. The number of carbonyl (C=O) groups excluding carboxylic acids is 2. The largest absolute Gasteiger partial charge is 0.428 e. The Labute approximate surface area is 206 Å². The normalized spacial score (nSPS) is 13.5. The summed E-state index contributed by atoms with van der Waals surface area (Å²) >= 11 is 0. The molecule has 0 saturated heterocycles. The highest BCUT2D eigenvalue weighted by Gasteiger charge is 2.23. The summed E-state index contributed by atoms with van der Waals surface area (Å²) in [7, 11) is 0. The number of rotatable bonds is 9. The molecule has 0 spiro atoms. The van der Waals surface area contributed by atoms with Crippen molar-refractivity contribution in [3.8, 4) is 11.1 Å². The second-order valence-corrected chi connectivity index (χ2v) is 9.84. The van der Waals surface area contributed by atoms with E-state index in [4.69, 9.17) is 9.47 Å². The van der Waals surface area contributed by atoms with Crippen molar-refractivity contribution in [2.24, 2.45) is 5.41 Å². The predicted molar refractivity (Wildman–Crippen MR) is 133 cm³/mol. The van der Waals surface area contributed by atoms with Crippen molar-refractivity contribution >= 4 is 18.0 Å². The van der Waals surface area contributed by atoms with E-state index >= 15 is 0 Å². The van der Waals surface area contributed by atoms with E-state index in [-0.39, 0.29) is 18.7 Å². The highest BCUT2D eigenvalue weighted by atomic mass is 19.1. The van der Waals surface area contributed by atoms with Gasteiger partial charge >= 0.3 is 11.9 Å². The fraction of sp³-hybridized carbons (Fsp3) is 0.429. The molecule has 0 bridgehead atoms.